The number of amides is 1. The van der Waals surface area contributed by atoms with Crippen molar-refractivity contribution in [1.29, 1.82) is 0 Å². The Hall–Kier alpha value is -2.14. The zero-order chi connectivity index (χ0) is 15.0. The third-order valence-electron chi connectivity index (χ3n) is 3.30. The Kier molecular flexibility index (Phi) is 3.51. The third-order valence-corrected chi connectivity index (χ3v) is 3.76. The average molecular weight is 345 g/mol. The molecule has 1 aliphatic rings. The summed E-state index contributed by atoms with van der Waals surface area (Å²) in [5.41, 5.74) is 3.75. The number of hydrogen-bond acceptors (Lipinski definition) is 3. The van der Waals surface area contributed by atoms with Gasteiger partial charge in [0.05, 0.1) is 18.5 Å². The van der Waals surface area contributed by atoms with Crippen LogP contribution in [0.4, 0.5) is 11.4 Å². The maximum absolute atomic E-state index is 12.2. The number of aliphatic imine (C=N–C) groups is 1. The molecule has 0 fully saturated rings. The molecule has 2 aromatic rings. The van der Waals surface area contributed by atoms with Gasteiger partial charge in [-0.3, -0.25) is 4.79 Å². The summed E-state index contributed by atoms with van der Waals surface area (Å²) in [5.74, 6) is 0.523. The van der Waals surface area contributed by atoms with Gasteiger partial charge < -0.3 is 10.1 Å². The zero-order valence-electron chi connectivity index (χ0n) is 11.6. The summed E-state index contributed by atoms with van der Waals surface area (Å²) >= 11 is 3.46. The van der Waals surface area contributed by atoms with Crippen LogP contribution in [-0.2, 0) is 4.79 Å². The van der Waals surface area contributed by atoms with Gasteiger partial charge in [0.25, 0.3) is 5.91 Å². The molecule has 0 aromatic heterocycles. The fourth-order valence-corrected chi connectivity index (χ4v) is 2.88. The van der Waals surface area contributed by atoms with Crippen LogP contribution in [0.3, 0.4) is 0 Å². The van der Waals surface area contributed by atoms with E-state index in [0.29, 0.717) is 17.1 Å². The van der Waals surface area contributed by atoms with Crippen molar-refractivity contribution in [2.24, 2.45) is 4.99 Å². The lowest BCUT2D eigenvalue weighted by Gasteiger charge is -2.04. The van der Waals surface area contributed by atoms with Crippen LogP contribution < -0.4 is 10.1 Å². The molecule has 1 aliphatic heterocycles. The molecule has 4 nitrogen and oxygen atoms in total. The van der Waals surface area contributed by atoms with Crippen LogP contribution in [0, 0.1) is 6.92 Å². The predicted molar refractivity (Wildman–Crippen MR) is 86.7 cm³/mol. The van der Waals surface area contributed by atoms with Crippen LogP contribution in [0.25, 0.3) is 0 Å². The van der Waals surface area contributed by atoms with E-state index in [1.54, 1.807) is 13.2 Å². The Balaban J connectivity index is 2.11. The molecule has 0 radical (unpaired) electrons. The molecule has 5 heteroatoms. The lowest BCUT2D eigenvalue weighted by molar-refractivity contribution is -0.110. The molecule has 1 N–H and O–H groups in total. The normalized spacial score (nSPS) is 15.0. The number of hydrogen-bond donors (Lipinski definition) is 1. The van der Waals surface area contributed by atoms with E-state index in [1.165, 1.54) is 0 Å². The summed E-state index contributed by atoms with van der Waals surface area (Å²) in [5, 5.41) is 2.87. The molecule has 0 bridgehead atoms. The zero-order valence-corrected chi connectivity index (χ0v) is 13.2. The van der Waals surface area contributed by atoms with Gasteiger partial charge in [-0.1, -0.05) is 22.0 Å². The number of carbonyl (C=O) groups is 1. The molecule has 0 spiro atoms. The number of fused-ring (bicyclic) bond motifs is 1. The van der Waals surface area contributed by atoms with Gasteiger partial charge in [0, 0.05) is 16.1 Å². The summed E-state index contributed by atoms with van der Waals surface area (Å²) < 4.78 is 6.10. The number of anilines is 1. The van der Waals surface area contributed by atoms with Crippen LogP contribution in [0.15, 0.2) is 45.9 Å². The summed E-state index contributed by atoms with van der Waals surface area (Å²) in [7, 11) is 1.60. The molecule has 1 amide bonds. The monoisotopic (exact) mass is 344 g/mol. The molecule has 0 saturated heterocycles. The Bertz CT molecular complexity index is 769. The van der Waals surface area contributed by atoms with E-state index in [0.717, 1.165) is 21.3 Å². The van der Waals surface area contributed by atoms with Gasteiger partial charge in [0.2, 0.25) is 0 Å². The van der Waals surface area contributed by atoms with E-state index < -0.39 is 0 Å². The maximum Gasteiger partial charge on any atom is 0.275 e. The SMILES string of the molecule is COc1cccc(N=C2C(=O)Nc3c(C)cc(Br)cc32)c1. The Morgan fingerprint density at radius 2 is 2.05 bits per heavy atom. The molecule has 0 aliphatic carbocycles. The van der Waals surface area contributed by atoms with Gasteiger partial charge in [-0.15, -0.1) is 0 Å². The molecule has 0 unspecified atom stereocenters. The molecule has 0 saturated carbocycles. The fraction of sp³-hybridized carbons (Fsp3) is 0.125. The standard InChI is InChI=1S/C16H13BrN2O2/c1-9-6-10(17)7-13-14(9)19-16(20)15(13)18-11-4-3-5-12(8-11)21-2/h3-8H,1-2H3,(H,18,19,20). The molecule has 21 heavy (non-hydrogen) atoms. The fourth-order valence-electron chi connectivity index (χ4n) is 2.31. The molecule has 106 valence electrons. The minimum atomic E-state index is -0.186. The first-order chi connectivity index (χ1) is 10.1. The average Bonchev–Trinajstić information content (AvgIpc) is 2.77. The second-order valence-corrected chi connectivity index (χ2v) is 5.68. The van der Waals surface area contributed by atoms with E-state index >= 15 is 0 Å². The van der Waals surface area contributed by atoms with Crippen molar-refractivity contribution in [2.45, 2.75) is 6.92 Å². The van der Waals surface area contributed by atoms with Crippen molar-refractivity contribution in [1.82, 2.24) is 0 Å². The summed E-state index contributed by atoms with van der Waals surface area (Å²) in [6.45, 7) is 1.96. The van der Waals surface area contributed by atoms with Crippen LogP contribution in [0.2, 0.25) is 0 Å². The lowest BCUT2D eigenvalue weighted by atomic mass is 10.1. The van der Waals surface area contributed by atoms with Gasteiger partial charge in [-0.25, -0.2) is 4.99 Å². The highest BCUT2D eigenvalue weighted by Crippen LogP contribution is 2.32. The van der Waals surface area contributed by atoms with Crippen LogP contribution in [-0.4, -0.2) is 18.7 Å². The van der Waals surface area contributed by atoms with Crippen molar-refractivity contribution in [2.75, 3.05) is 12.4 Å². The molecular weight excluding hydrogens is 332 g/mol. The largest absolute Gasteiger partial charge is 0.497 e. The molecule has 0 atom stereocenters. The summed E-state index contributed by atoms with van der Waals surface area (Å²) in [6, 6.07) is 11.2. The first-order valence-corrected chi connectivity index (χ1v) is 7.22. The van der Waals surface area contributed by atoms with E-state index in [1.807, 2.05) is 37.3 Å². The first-order valence-electron chi connectivity index (χ1n) is 6.43. The number of nitrogens with zero attached hydrogens (tertiary/aromatic N) is 1. The van der Waals surface area contributed by atoms with Crippen LogP contribution >= 0.6 is 15.9 Å². The second kappa shape index (κ2) is 5.33. The summed E-state index contributed by atoms with van der Waals surface area (Å²) in [6.07, 6.45) is 0. The Morgan fingerprint density at radius 3 is 2.81 bits per heavy atom. The minimum absolute atomic E-state index is 0.186. The third kappa shape index (κ3) is 2.56. The molecule has 3 rings (SSSR count). The van der Waals surface area contributed by atoms with Gasteiger partial charge in [-0.2, -0.15) is 0 Å². The maximum atomic E-state index is 12.2. The minimum Gasteiger partial charge on any atom is -0.497 e. The molecule has 1 heterocycles. The molecule has 2 aromatic carbocycles. The second-order valence-electron chi connectivity index (χ2n) is 4.76. The predicted octanol–water partition coefficient (Wildman–Crippen LogP) is 3.84. The van der Waals surface area contributed by atoms with Crippen molar-refractivity contribution >= 4 is 38.9 Å². The van der Waals surface area contributed by atoms with E-state index in [4.69, 9.17) is 4.74 Å². The Labute approximate surface area is 131 Å². The Morgan fingerprint density at radius 1 is 1.24 bits per heavy atom. The van der Waals surface area contributed by atoms with Gasteiger partial charge in [-0.05, 0) is 36.8 Å². The molecular formula is C16H13BrN2O2. The highest BCUT2D eigenvalue weighted by molar-refractivity contribution is 9.10. The number of aryl methyl sites for hydroxylation is 1. The summed E-state index contributed by atoms with van der Waals surface area (Å²) in [4.78, 5) is 16.6. The van der Waals surface area contributed by atoms with Gasteiger partial charge in [0.15, 0.2) is 0 Å². The van der Waals surface area contributed by atoms with Crippen molar-refractivity contribution < 1.29 is 9.53 Å². The number of ether oxygens (including phenoxy) is 1. The number of carbonyl (C=O) groups excluding carboxylic acids is 1. The van der Waals surface area contributed by atoms with Crippen LogP contribution in [0.1, 0.15) is 11.1 Å². The van der Waals surface area contributed by atoms with Crippen molar-refractivity contribution in [3.8, 4) is 5.75 Å². The van der Waals surface area contributed by atoms with Gasteiger partial charge in [0.1, 0.15) is 11.5 Å². The highest BCUT2D eigenvalue weighted by Gasteiger charge is 2.27. The first kappa shape index (κ1) is 13.8. The van der Waals surface area contributed by atoms with E-state index in [9.17, 15) is 4.79 Å². The van der Waals surface area contributed by atoms with E-state index in [2.05, 4.69) is 26.2 Å². The smallest absolute Gasteiger partial charge is 0.275 e. The number of benzene rings is 2. The van der Waals surface area contributed by atoms with Crippen molar-refractivity contribution in [3.63, 3.8) is 0 Å². The quantitative estimate of drug-likeness (QED) is 0.899. The van der Waals surface area contributed by atoms with Crippen LogP contribution in [0.5, 0.6) is 5.75 Å². The number of methoxy groups -OCH3 is 1. The number of rotatable bonds is 2. The van der Waals surface area contributed by atoms with E-state index in [-0.39, 0.29) is 5.91 Å². The number of halogens is 1. The van der Waals surface area contributed by atoms with Crippen molar-refractivity contribution in [3.05, 3.63) is 52.0 Å². The number of nitrogens with one attached hydrogen (secondary N) is 1. The van der Waals surface area contributed by atoms with Gasteiger partial charge >= 0.3 is 0 Å². The highest BCUT2D eigenvalue weighted by atomic mass is 79.9. The lowest BCUT2D eigenvalue weighted by Crippen LogP contribution is -2.14. The topological polar surface area (TPSA) is 50.7 Å².